The van der Waals surface area contributed by atoms with Gasteiger partial charge in [-0.05, 0) is 19.1 Å². The lowest BCUT2D eigenvalue weighted by Crippen LogP contribution is -2.04. The molecule has 0 amide bonds. The number of hydrogen-bond donors (Lipinski definition) is 1. The molecule has 0 bridgehead atoms. The van der Waals surface area contributed by atoms with Crippen LogP contribution in [0.3, 0.4) is 0 Å². The summed E-state index contributed by atoms with van der Waals surface area (Å²) in [5.74, 6) is -0.438. The number of benzene rings is 1. The zero-order chi connectivity index (χ0) is 11.6. The highest BCUT2D eigenvalue weighted by Crippen LogP contribution is 2.26. The third kappa shape index (κ3) is 2.10. The molecule has 0 atom stereocenters. The van der Waals surface area contributed by atoms with Gasteiger partial charge in [0.25, 0.3) is 6.43 Å². The second-order valence-corrected chi connectivity index (χ2v) is 3.00. The van der Waals surface area contributed by atoms with Crippen LogP contribution in [0.5, 0.6) is 0 Å². The van der Waals surface area contributed by atoms with Crippen LogP contribution in [0.15, 0.2) is 12.1 Å². The predicted molar refractivity (Wildman–Crippen MR) is 50.5 cm³/mol. The number of alkyl halides is 2. The van der Waals surface area contributed by atoms with E-state index in [0.717, 1.165) is 12.1 Å². The van der Waals surface area contributed by atoms with Gasteiger partial charge in [-0.1, -0.05) is 0 Å². The standard InChI is InChI=1S/C10H8F2N2O/c1-5(15)8-3-6(10(11)12)2-7(4-13)9(8)14/h2-3,10H,14H2,1H3. The lowest BCUT2D eigenvalue weighted by molar-refractivity contribution is 0.101. The first kappa shape index (κ1) is 11.1. The summed E-state index contributed by atoms with van der Waals surface area (Å²) < 4.78 is 24.8. The van der Waals surface area contributed by atoms with Crippen molar-refractivity contribution in [3.05, 3.63) is 28.8 Å². The smallest absolute Gasteiger partial charge is 0.263 e. The predicted octanol–water partition coefficient (Wildman–Crippen LogP) is 2.28. The van der Waals surface area contributed by atoms with E-state index in [-0.39, 0.29) is 22.4 Å². The average molecular weight is 210 g/mol. The monoisotopic (exact) mass is 210 g/mol. The molecule has 78 valence electrons. The fraction of sp³-hybridized carbons (Fsp3) is 0.200. The minimum atomic E-state index is -2.73. The zero-order valence-electron chi connectivity index (χ0n) is 7.92. The van der Waals surface area contributed by atoms with Crippen molar-refractivity contribution in [3.8, 4) is 6.07 Å². The highest BCUT2D eigenvalue weighted by Gasteiger charge is 2.15. The number of hydrogen-bond acceptors (Lipinski definition) is 3. The Morgan fingerprint density at radius 2 is 2.13 bits per heavy atom. The van der Waals surface area contributed by atoms with Crippen LogP contribution in [-0.4, -0.2) is 5.78 Å². The van der Waals surface area contributed by atoms with Crippen LogP contribution in [0, 0.1) is 11.3 Å². The molecule has 3 nitrogen and oxygen atoms in total. The fourth-order valence-electron chi connectivity index (χ4n) is 1.19. The van der Waals surface area contributed by atoms with Gasteiger partial charge in [-0.2, -0.15) is 5.26 Å². The number of Topliss-reactive ketones (excluding diaryl/α,β-unsaturated/α-hetero) is 1. The van der Waals surface area contributed by atoms with Crippen LogP contribution >= 0.6 is 0 Å². The highest BCUT2D eigenvalue weighted by molar-refractivity contribution is 6.00. The maximum atomic E-state index is 12.4. The molecule has 0 heterocycles. The van der Waals surface area contributed by atoms with Crippen molar-refractivity contribution < 1.29 is 13.6 Å². The minimum absolute atomic E-state index is 0.0376. The van der Waals surface area contributed by atoms with E-state index in [1.54, 1.807) is 6.07 Å². The summed E-state index contributed by atoms with van der Waals surface area (Å²) in [5.41, 5.74) is 4.92. The molecule has 1 aromatic rings. The van der Waals surface area contributed by atoms with E-state index in [1.165, 1.54) is 6.92 Å². The number of nitrogens with zero attached hydrogens (tertiary/aromatic N) is 1. The Bertz CT molecular complexity index is 449. The van der Waals surface area contributed by atoms with E-state index in [2.05, 4.69) is 0 Å². The van der Waals surface area contributed by atoms with Gasteiger partial charge in [0.15, 0.2) is 5.78 Å². The topological polar surface area (TPSA) is 66.9 Å². The molecule has 0 saturated heterocycles. The van der Waals surface area contributed by atoms with Crippen molar-refractivity contribution in [2.24, 2.45) is 0 Å². The van der Waals surface area contributed by atoms with Crippen LogP contribution < -0.4 is 5.73 Å². The molecule has 0 fully saturated rings. The highest BCUT2D eigenvalue weighted by atomic mass is 19.3. The molecule has 0 aromatic heterocycles. The van der Waals surface area contributed by atoms with Crippen LogP contribution in [0.4, 0.5) is 14.5 Å². The third-order valence-electron chi connectivity index (χ3n) is 1.95. The van der Waals surface area contributed by atoms with Crippen molar-refractivity contribution in [2.75, 3.05) is 5.73 Å². The molecule has 0 radical (unpaired) electrons. The SMILES string of the molecule is CC(=O)c1cc(C(F)F)cc(C#N)c1N. The number of halogens is 2. The second kappa shape index (κ2) is 4.05. The van der Waals surface area contributed by atoms with Gasteiger partial charge in [-0.25, -0.2) is 8.78 Å². The minimum Gasteiger partial charge on any atom is -0.397 e. The summed E-state index contributed by atoms with van der Waals surface area (Å²) >= 11 is 0. The van der Waals surface area contributed by atoms with Gasteiger partial charge in [0.2, 0.25) is 0 Å². The van der Waals surface area contributed by atoms with Crippen molar-refractivity contribution in [1.29, 1.82) is 5.26 Å². The Kier molecular flexibility index (Phi) is 3.00. The molecule has 0 saturated carbocycles. The molecule has 0 spiro atoms. The molecular formula is C10H8F2N2O. The molecule has 2 N–H and O–H groups in total. The van der Waals surface area contributed by atoms with E-state index in [0.29, 0.717) is 0 Å². The van der Waals surface area contributed by atoms with Crippen molar-refractivity contribution in [3.63, 3.8) is 0 Å². The van der Waals surface area contributed by atoms with Crippen LogP contribution in [0.2, 0.25) is 0 Å². The Morgan fingerprint density at radius 3 is 2.53 bits per heavy atom. The van der Waals surface area contributed by atoms with E-state index < -0.39 is 12.2 Å². The Hall–Kier alpha value is -1.96. The van der Waals surface area contributed by atoms with Gasteiger partial charge in [0, 0.05) is 11.1 Å². The molecule has 1 aromatic carbocycles. The van der Waals surface area contributed by atoms with Gasteiger partial charge in [-0.3, -0.25) is 4.79 Å². The molecule has 0 unspecified atom stereocenters. The maximum Gasteiger partial charge on any atom is 0.263 e. The summed E-state index contributed by atoms with van der Waals surface area (Å²) in [7, 11) is 0. The Labute approximate surface area is 85.1 Å². The van der Waals surface area contributed by atoms with Crippen molar-refractivity contribution in [1.82, 2.24) is 0 Å². The number of ketones is 1. The summed E-state index contributed by atoms with van der Waals surface area (Å²) in [6.07, 6.45) is -2.73. The van der Waals surface area contributed by atoms with Gasteiger partial charge < -0.3 is 5.73 Å². The number of nitrogen functional groups attached to an aromatic ring is 1. The number of rotatable bonds is 2. The van der Waals surface area contributed by atoms with Crippen LogP contribution in [0.25, 0.3) is 0 Å². The van der Waals surface area contributed by atoms with E-state index in [9.17, 15) is 13.6 Å². The average Bonchev–Trinajstić information content (AvgIpc) is 2.17. The number of carbonyl (C=O) groups is 1. The molecule has 5 heteroatoms. The number of carbonyl (C=O) groups excluding carboxylic acids is 1. The quantitative estimate of drug-likeness (QED) is 0.601. The van der Waals surface area contributed by atoms with Gasteiger partial charge in [0.05, 0.1) is 11.3 Å². The summed E-state index contributed by atoms with van der Waals surface area (Å²) in [4.78, 5) is 11.1. The Balaban J connectivity index is 3.47. The van der Waals surface area contributed by atoms with Gasteiger partial charge in [-0.15, -0.1) is 0 Å². The largest absolute Gasteiger partial charge is 0.397 e. The summed E-state index contributed by atoms with van der Waals surface area (Å²) in [5, 5.41) is 8.64. The number of anilines is 1. The van der Waals surface area contributed by atoms with Gasteiger partial charge in [0.1, 0.15) is 6.07 Å². The summed E-state index contributed by atoms with van der Waals surface area (Å²) in [6.45, 7) is 1.21. The lowest BCUT2D eigenvalue weighted by Gasteiger charge is -2.07. The third-order valence-corrected chi connectivity index (χ3v) is 1.95. The molecule has 1 rings (SSSR count). The fourth-order valence-corrected chi connectivity index (χ4v) is 1.19. The van der Waals surface area contributed by atoms with E-state index in [4.69, 9.17) is 11.0 Å². The van der Waals surface area contributed by atoms with Crippen LogP contribution in [0.1, 0.15) is 34.8 Å². The molecular weight excluding hydrogens is 202 g/mol. The first-order chi connectivity index (χ1) is 6.97. The van der Waals surface area contributed by atoms with E-state index in [1.807, 2.05) is 0 Å². The van der Waals surface area contributed by atoms with Gasteiger partial charge >= 0.3 is 0 Å². The first-order valence-corrected chi connectivity index (χ1v) is 4.10. The molecule has 0 aliphatic carbocycles. The maximum absolute atomic E-state index is 12.4. The molecule has 0 aliphatic rings. The summed E-state index contributed by atoms with van der Waals surface area (Å²) in [6, 6.07) is 3.68. The molecule has 15 heavy (non-hydrogen) atoms. The number of nitrogens with two attached hydrogens (primary N) is 1. The second-order valence-electron chi connectivity index (χ2n) is 3.00. The zero-order valence-corrected chi connectivity index (χ0v) is 7.92. The Morgan fingerprint density at radius 1 is 1.53 bits per heavy atom. The lowest BCUT2D eigenvalue weighted by atomic mass is 10.0. The van der Waals surface area contributed by atoms with Crippen molar-refractivity contribution in [2.45, 2.75) is 13.3 Å². The van der Waals surface area contributed by atoms with Crippen LogP contribution in [-0.2, 0) is 0 Å². The molecule has 0 aliphatic heterocycles. The normalized spacial score (nSPS) is 10.1. The number of nitriles is 1. The first-order valence-electron chi connectivity index (χ1n) is 4.10. The van der Waals surface area contributed by atoms with Crippen molar-refractivity contribution >= 4 is 11.5 Å². The van der Waals surface area contributed by atoms with E-state index >= 15 is 0 Å².